The summed E-state index contributed by atoms with van der Waals surface area (Å²) in [7, 11) is 0. The number of hydrogen-bond donors (Lipinski definition) is 3. The minimum absolute atomic E-state index is 0.111. The summed E-state index contributed by atoms with van der Waals surface area (Å²) in [6.07, 6.45) is -4.14. The third kappa shape index (κ3) is 4.83. The highest BCUT2D eigenvalue weighted by molar-refractivity contribution is 7.16. The number of hydrogen-bond acceptors (Lipinski definition) is 4. The molecule has 1 atom stereocenters. The van der Waals surface area contributed by atoms with Crippen LogP contribution in [-0.4, -0.2) is 17.5 Å². The molecular formula is C21H19ClF4N2OS. The Hall–Kier alpha value is -2.42. The molecule has 9 heteroatoms. The molecule has 0 saturated heterocycles. The maximum atomic E-state index is 13.8. The Labute approximate surface area is 180 Å². The fourth-order valence-corrected chi connectivity index (χ4v) is 3.84. The first-order chi connectivity index (χ1) is 14.1. The molecule has 0 fully saturated rings. The van der Waals surface area contributed by atoms with Crippen LogP contribution in [0.1, 0.15) is 29.9 Å². The topological polar surface area (TPSA) is 56.1 Å². The van der Waals surface area contributed by atoms with Gasteiger partial charge in [-0.05, 0) is 54.1 Å². The van der Waals surface area contributed by atoms with Crippen molar-refractivity contribution in [2.24, 2.45) is 0 Å². The Morgan fingerprint density at radius 1 is 1.03 bits per heavy atom. The minimum atomic E-state index is -5.01. The number of nitrogens with one attached hydrogen (secondary N) is 2. The van der Waals surface area contributed by atoms with E-state index in [1.54, 1.807) is 0 Å². The molecular weight excluding hydrogens is 440 g/mol. The highest BCUT2D eigenvalue weighted by Crippen LogP contribution is 2.47. The highest BCUT2D eigenvalue weighted by atomic mass is 35.5. The van der Waals surface area contributed by atoms with Gasteiger partial charge in [-0.2, -0.15) is 13.2 Å². The summed E-state index contributed by atoms with van der Waals surface area (Å²) in [4.78, 5) is -0.375. The maximum absolute atomic E-state index is 13.8. The predicted octanol–water partition coefficient (Wildman–Crippen LogP) is 7.11. The van der Waals surface area contributed by atoms with Crippen LogP contribution in [0.4, 0.5) is 28.9 Å². The number of alkyl halides is 3. The highest BCUT2D eigenvalue weighted by Gasteiger charge is 2.57. The Morgan fingerprint density at radius 2 is 1.67 bits per heavy atom. The molecule has 1 unspecified atom stereocenters. The lowest BCUT2D eigenvalue weighted by molar-refractivity contribution is -0.247. The molecule has 0 amide bonds. The average Bonchev–Trinajstić information content (AvgIpc) is 3.16. The number of thiophene rings is 1. The number of halogens is 5. The largest absolute Gasteiger partial charge is 0.426 e. The second kappa shape index (κ2) is 9.59. The molecule has 2 aromatic carbocycles. The molecule has 0 aliphatic carbocycles. The van der Waals surface area contributed by atoms with Crippen molar-refractivity contribution in [2.45, 2.75) is 25.6 Å². The number of benzene rings is 2. The van der Waals surface area contributed by atoms with Crippen LogP contribution < -0.4 is 5.32 Å². The van der Waals surface area contributed by atoms with Gasteiger partial charge < -0.3 is 15.8 Å². The zero-order valence-corrected chi connectivity index (χ0v) is 17.6. The molecule has 3 aromatic rings. The van der Waals surface area contributed by atoms with E-state index in [1.165, 1.54) is 36.4 Å². The van der Waals surface area contributed by atoms with Crippen molar-refractivity contribution in [3.63, 3.8) is 0 Å². The Balaban J connectivity index is 0.00000155. The molecule has 1 aromatic heterocycles. The summed E-state index contributed by atoms with van der Waals surface area (Å²) in [5, 5.41) is 21.1. The normalized spacial score (nSPS) is 13.1. The van der Waals surface area contributed by atoms with E-state index in [0.717, 1.165) is 24.4 Å². The van der Waals surface area contributed by atoms with Gasteiger partial charge in [0.05, 0.1) is 9.21 Å². The van der Waals surface area contributed by atoms with E-state index < -0.39 is 23.2 Å². The van der Waals surface area contributed by atoms with Gasteiger partial charge in [-0.3, -0.25) is 0 Å². The van der Waals surface area contributed by atoms with Gasteiger partial charge >= 0.3 is 6.18 Å². The lowest BCUT2D eigenvalue weighted by atomic mass is 9.89. The van der Waals surface area contributed by atoms with E-state index in [0.29, 0.717) is 22.7 Å². The first-order valence-corrected chi connectivity index (χ1v) is 10.1. The van der Waals surface area contributed by atoms with Crippen molar-refractivity contribution in [3.05, 3.63) is 80.8 Å². The molecule has 0 bridgehead atoms. The average molecular weight is 459 g/mol. The molecule has 3 rings (SSSR count). The quantitative estimate of drug-likeness (QED) is 0.282. The minimum Gasteiger partial charge on any atom is -0.372 e. The second-order valence-electron chi connectivity index (χ2n) is 5.89. The summed E-state index contributed by atoms with van der Waals surface area (Å²) < 4.78 is 54.6. The van der Waals surface area contributed by atoms with Gasteiger partial charge in [0.2, 0.25) is 5.60 Å². The molecule has 30 heavy (non-hydrogen) atoms. The van der Waals surface area contributed by atoms with Crippen molar-refractivity contribution in [1.82, 2.24) is 0 Å². The van der Waals surface area contributed by atoms with Gasteiger partial charge in [-0.1, -0.05) is 31.5 Å². The number of aliphatic hydroxyl groups is 1. The molecule has 0 radical (unpaired) electrons. The van der Waals surface area contributed by atoms with Crippen molar-refractivity contribution in [3.8, 4) is 0 Å². The van der Waals surface area contributed by atoms with Crippen LogP contribution in [0.15, 0.2) is 54.6 Å². The molecule has 0 aliphatic rings. The van der Waals surface area contributed by atoms with Crippen molar-refractivity contribution < 1.29 is 22.7 Å². The summed E-state index contributed by atoms with van der Waals surface area (Å²) in [5.74, 6) is -0.432. The first-order valence-electron chi connectivity index (χ1n) is 8.87. The molecule has 0 aliphatic heterocycles. The van der Waals surface area contributed by atoms with E-state index >= 15 is 0 Å². The fourth-order valence-electron chi connectivity index (χ4n) is 2.66. The summed E-state index contributed by atoms with van der Waals surface area (Å²) in [5.41, 5.74) is -2.77. The Morgan fingerprint density at radius 3 is 2.17 bits per heavy atom. The Bertz CT molecular complexity index is 1000. The molecule has 0 saturated carbocycles. The van der Waals surface area contributed by atoms with Crippen LogP contribution in [0.25, 0.3) is 0 Å². The van der Waals surface area contributed by atoms with Gasteiger partial charge in [0, 0.05) is 23.2 Å². The van der Waals surface area contributed by atoms with Gasteiger partial charge in [-0.25, -0.2) is 4.39 Å². The molecule has 3 nitrogen and oxygen atoms in total. The van der Waals surface area contributed by atoms with Crippen LogP contribution >= 0.6 is 22.9 Å². The smallest absolute Gasteiger partial charge is 0.372 e. The summed E-state index contributed by atoms with van der Waals surface area (Å²) in [6, 6.07) is 11.3. The van der Waals surface area contributed by atoms with E-state index in [4.69, 9.17) is 17.0 Å². The third-order valence-electron chi connectivity index (χ3n) is 4.09. The second-order valence-corrected chi connectivity index (χ2v) is 7.61. The van der Waals surface area contributed by atoms with Gasteiger partial charge in [0.1, 0.15) is 5.82 Å². The maximum Gasteiger partial charge on any atom is 0.426 e. The molecule has 0 spiro atoms. The van der Waals surface area contributed by atoms with Crippen LogP contribution in [0.5, 0.6) is 0 Å². The predicted molar refractivity (Wildman–Crippen MR) is 114 cm³/mol. The lowest BCUT2D eigenvalue weighted by Crippen LogP contribution is -2.42. The van der Waals surface area contributed by atoms with Gasteiger partial charge in [0.15, 0.2) is 0 Å². The van der Waals surface area contributed by atoms with Crippen molar-refractivity contribution >= 4 is 40.5 Å². The molecule has 3 N–H and O–H groups in total. The number of rotatable bonds is 5. The first kappa shape index (κ1) is 23.9. The van der Waals surface area contributed by atoms with Crippen LogP contribution in [0.3, 0.4) is 0 Å². The van der Waals surface area contributed by atoms with E-state index in [2.05, 4.69) is 5.32 Å². The Kier molecular flexibility index (Phi) is 7.63. The van der Waals surface area contributed by atoms with Crippen LogP contribution in [0.2, 0.25) is 4.34 Å². The lowest BCUT2D eigenvalue weighted by Gasteiger charge is -2.30. The summed E-state index contributed by atoms with van der Waals surface area (Å²) >= 11 is 6.38. The van der Waals surface area contributed by atoms with E-state index in [9.17, 15) is 22.7 Å². The SMILES string of the molecule is CC.N=Cc1cc(C(O)(c2ccc(Cl)s2)C(F)(F)F)ccc1Nc1ccc(F)cc1. The molecule has 1 heterocycles. The van der Waals surface area contributed by atoms with E-state index in [1.807, 2.05) is 13.8 Å². The van der Waals surface area contributed by atoms with Crippen LogP contribution in [0, 0.1) is 11.2 Å². The third-order valence-corrected chi connectivity index (χ3v) is 5.43. The zero-order chi connectivity index (χ0) is 22.5. The number of anilines is 2. The standard InChI is InChI=1S/C19H13ClF4N2OS.C2H6/c20-17-8-7-16(28-17)18(27,19(22,23)24)12-1-6-15(11(9-12)10-25)26-14-4-2-13(21)3-5-14;1-2/h1-10,25-27H;1-2H3. The fraction of sp³-hybridized carbons (Fsp3) is 0.190. The van der Waals surface area contributed by atoms with Crippen LogP contribution in [-0.2, 0) is 5.60 Å². The molecule has 160 valence electrons. The zero-order valence-electron chi connectivity index (χ0n) is 16.0. The van der Waals surface area contributed by atoms with Crippen molar-refractivity contribution in [1.29, 1.82) is 5.41 Å². The van der Waals surface area contributed by atoms with Gasteiger partial charge in [-0.15, -0.1) is 11.3 Å². The van der Waals surface area contributed by atoms with E-state index in [-0.39, 0.29) is 14.8 Å². The van der Waals surface area contributed by atoms with Gasteiger partial charge in [0.25, 0.3) is 0 Å². The summed E-state index contributed by atoms with van der Waals surface area (Å²) in [6.45, 7) is 4.00. The monoisotopic (exact) mass is 458 g/mol. The van der Waals surface area contributed by atoms with Crippen molar-refractivity contribution in [2.75, 3.05) is 5.32 Å².